The molecule has 0 atom stereocenters. The quantitative estimate of drug-likeness (QED) is 0.794. The van der Waals surface area contributed by atoms with E-state index < -0.39 is 0 Å². The van der Waals surface area contributed by atoms with Crippen LogP contribution in [0.15, 0.2) is 65.4 Å². The zero-order valence-corrected chi connectivity index (χ0v) is 12.5. The number of pyridine rings is 1. The minimum atomic E-state index is -0.292. The molecule has 0 bridgehead atoms. The summed E-state index contributed by atoms with van der Waals surface area (Å²) in [6, 6.07) is 14.8. The van der Waals surface area contributed by atoms with Gasteiger partial charge in [-0.15, -0.1) is 0 Å². The molecule has 0 saturated carbocycles. The van der Waals surface area contributed by atoms with Gasteiger partial charge in [0, 0.05) is 16.9 Å². The number of rotatable bonds is 3. The highest BCUT2D eigenvalue weighted by atomic mass is 79.9. The van der Waals surface area contributed by atoms with Crippen molar-refractivity contribution < 1.29 is 4.79 Å². The number of benzene rings is 1. The molecule has 6 heteroatoms. The minimum absolute atomic E-state index is 0.292. The van der Waals surface area contributed by atoms with Crippen molar-refractivity contribution in [2.45, 2.75) is 0 Å². The van der Waals surface area contributed by atoms with Gasteiger partial charge in [0.15, 0.2) is 5.69 Å². The number of amides is 1. The van der Waals surface area contributed by atoms with Crippen LogP contribution in [0.2, 0.25) is 0 Å². The summed E-state index contributed by atoms with van der Waals surface area (Å²) in [4.78, 5) is 16.2. The number of para-hydroxylation sites is 1. The summed E-state index contributed by atoms with van der Waals surface area (Å²) in [6.45, 7) is 0. The minimum Gasteiger partial charge on any atom is -0.305 e. The van der Waals surface area contributed by atoms with Crippen molar-refractivity contribution in [3.8, 4) is 5.69 Å². The Morgan fingerprint density at radius 2 is 1.90 bits per heavy atom. The molecule has 2 aromatic heterocycles. The lowest BCUT2D eigenvalue weighted by molar-refractivity contribution is 0.102. The van der Waals surface area contributed by atoms with Gasteiger partial charge in [0.2, 0.25) is 0 Å². The SMILES string of the molecule is O=C(Nc1ccc(Br)cn1)c1ccn(-c2ccccc2)n1. The molecule has 0 radical (unpaired) electrons. The summed E-state index contributed by atoms with van der Waals surface area (Å²) < 4.78 is 2.51. The van der Waals surface area contributed by atoms with Crippen LogP contribution in [-0.2, 0) is 0 Å². The Labute approximate surface area is 129 Å². The Morgan fingerprint density at radius 3 is 2.62 bits per heavy atom. The van der Waals surface area contributed by atoms with Crippen molar-refractivity contribution in [3.05, 3.63) is 71.1 Å². The van der Waals surface area contributed by atoms with Crippen LogP contribution in [0.3, 0.4) is 0 Å². The van der Waals surface area contributed by atoms with E-state index in [1.54, 1.807) is 29.2 Å². The fraction of sp³-hybridized carbons (Fsp3) is 0. The van der Waals surface area contributed by atoms with E-state index in [1.165, 1.54) is 0 Å². The molecule has 3 rings (SSSR count). The number of halogens is 1. The van der Waals surface area contributed by atoms with Gasteiger partial charge in [-0.1, -0.05) is 18.2 Å². The molecular formula is C15H11BrN4O. The van der Waals surface area contributed by atoms with Gasteiger partial charge in [0.25, 0.3) is 5.91 Å². The summed E-state index contributed by atoms with van der Waals surface area (Å²) >= 11 is 3.29. The van der Waals surface area contributed by atoms with Crippen molar-refractivity contribution in [2.24, 2.45) is 0 Å². The number of anilines is 1. The van der Waals surface area contributed by atoms with Gasteiger partial charge in [-0.25, -0.2) is 9.67 Å². The third-order valence-corrected chi connectivity index (χ3v) is 3.28. The number of hydrogen-bond acceptors (Lipinski definition) is 3. The molecule has 1 aromatic carbocycles. The van der Waals surface area contributed by atoms with Crippen molar-refractivity contribution in [3.63, 3.8) is 0 Å². The topological polar surface area (TPSA) is 59.8 Å². The van der Waals surface area contributed by atoms with E-state index in [4.69, 9.17) is 0 Å². The van der Waals surface area contributed by atoms with Crippen molar-refractivity contribution in [1.29, 1.82) is 0 Å². The standard InChI is InChI=1S/C15H11BrN4O/c16-11-6-7-14(17-10-11)18-15(21)13-8-9-20(19-13)12-4-2-1-3-5-12/h1-10H,(H,17,18,21). The normalized spacial score (nSPS) is 10.3. The van der Waals surface area contributed by atoms with Crippen LogP contribution in [0, 0.1) is 0 Å². The second-order valence-electron chi connectivity index (χ2n) is 4.30. The Hall–Kier alpha value is -2.47. The third-order valence-electron chi connectivity index (χ3n) is 2.81. The second kappa shape index (κ2) is 5.88. The Bertz CT molecular complexity index is 753. The average molecular weight is 343 g/mol. The Morgan fingerprint density at radius 1 is 1.10 bits per heavy atom. The van der Waals surface area contributed by atoms with Gasteiger partial charge in [0.1, 0.15) is 5.82 Å². The Balaban J connectivity index is 1.77. The van der Waals surface area contributed by atoms with Crippen LogP contribution < -0.4 is 5.32 Å². The molecular weight excluding hydrogens is 332 g/mol. The molecule has 1 amide bonds. The maximum atomic E-state index is 12.1. The van der Waals surface area contributed by atoms with E-state index in [0.29, 0.717) is 11.5 Å². The lowest BCUT2D eigenvalue weighted by Crippen LogP contribution is -2.14. The van der Waals surface area contributed by atoms with Crippen molar-refractivity contribution in [2.75, 3.05) is 5.32 Å². The summed E-state index contributed by atoms with van der Waals surface area (Å²) in [6.07, 6.45) is 3.37. The molecule has 0 spiro atoms. The number of nitrogens with one attached hydrogen (secondary N) is 1. The first-order valence-electron chi connectivity index (χ1n) is 6.26. The number of hydrogen-bond donors (Lipinski definition) is 1. The molecule has 104 valence electrons. The fourth-order valence-electron chi connectivity index (χ4n) is 1.80. The summed E-state index contributed by atoms with van der Waals surface area (Å²) in [5, 5.41) is 6.97. The molecule has 0 fully saturated rings. The zero-order chi connectivity index (χ0) is 14.7. The maximum Gasteiger partial charge on any atom is 0.277 e. The van der Waals surface area contributed by atoms with Gasteiger partial charge < -0.3 is 5.32 Å². The molecule has 0 unspecified atom stereocenters. The predicted octanol–water partition coefficient (Wildman–Crippen LogP) is 3.28. The van der Waals surface area contributed by atoms with Crippen molar-refractivity contribution in [1.82, 2.24) is 14.8 Å². The number of nitrogens with zero attached hydrogens (tertiary/aromatic N) is 3. The fourth-order valence-corrected chi connectivity index (χ4v) is 2.03. The van der Waals surface area contributed by atoms with Crippen LogP contribution >= 0.6 is 15.9 Å². The largest absolute Gasteiger partial charge is 0.305 e. The van der Waals surface area contributed by atoms with Crippen LogP contribution in [0.5, 0.6) is 0 Å². The lowest BCUT2D eigenvalue weighted by atomic mass is 10.3. The summed E-state index contributed by atoms with van der Waals surface area (Å²) in [7, 11) is 0. The highest BCUT2D eigenvalue weighted by molar-refractivity contribution is 9.10. The molecule has 21 heavy (non-hydrogen) atoms. The van der Waals surface area contributed by atoms with E-state index in [2.05, 4.69) is 31.3 Å². The third kappa shape index (κ3) is 3.17. The monoisotopic (exact) mass is 342 g/mol. The average Bonchev–Trinajstić information content (AvgIpc) is 3.00. The van der Waals surface area contributed by atoms with Gasteiger partial charge in [-0.2, -0.15) is 5.10 Å². The number of carbonyl (C=O) groups excluding carboxylic acids is 1. The van der Waals surface area contributed by atoms with Gasteiger partial charge in [-0.05, 0) is 46.3 Å². The van der Waals surface area contributed by atoms with Crippen LogP contribution in [-0.4, -0.2) is 20.7 Å². The molecule has 2 heterocycles. The molecule has 0 aliphatic heterocycles. The Kier molecular flexibility index (Phi) is 3.79. The molecule has 3 aromatic rings. The predicted molar refractivity (Wildman–Crippen MR) is 83.5 cm³/mol. The summed E-state index contributed by atoms with van der Waals surface area (Å²) in [5.74, 6) is 0.192. The molecule has 0 aliphatic carbocycles. The molecule has 5 nitrogen and oxygen atoms in total. The first-order chi connectivity index (χ1) is 10.2. The highest BCUT2D eigenvalue weighted by Gasteiger charge is 2.10. The zero-order valence-electron chi connectivity index (χ0n) is 10.9. The first-order valence-corrected chi connectivity index (χ1v) is 7.06. The van der Waals surface area contributed by atoms with Gasteiger partial charge in [0.05, 0.1) is 5.69 Å². The molecule has 1 N–H and O–H groups in total. The van der Waals surface area contributed by atoms with E-state index >= 15 is 0 Å². The van der Waals surface area contributed by atoms with E-state index in [0.717, 1.165) is 10.2 Å². The molecule has 0 saturated heterocycles. The lowest BCUT2D eigenvalue weighted by Gasteiger charge is -2.02. The molecule has 0 aliphatic rings. The first kappa shape index (κ1) is 13.5. The smallest absolute Gasteiger partial charge is 0.277 e. The van der Waals surface area contributed by atoms with Gasteiger partial charge in [-0.3, -0.25) is 4.79 Å². The highest BCUT2D eigenvalue weighted by Crippen LogP contribution is 2.12. The second-order valence-corrected chi connectivity index (χ2v) is 5.21. The van der Waals surface area contributed by atoms with Crippen LogP contribution in [0.25, 0.3) is 5.69 Å². The van der Waals surface area contributed by atoms with Gasteiger partial charge >= 0.3 is 0 Å². The number of carbonyl (C=O) groups is 1. The van der Waals surface area contributed by atoms with E-state index in [-0.39, 0.29) is 5.91 Å². The van der Waals surface area contributed by atoms with Crippen LogP contribution in [0.4, 0.5) is 5.82 Å². The van der Waals surface area contributed by atoms with Crippen LogP contribution in [0.1, 0.15) is 10.5 Å². The number of aromatic nitrogens is 3. The van der Waals surface area contributed by atoms with E-state index in [9.17, 15) is 4.79 Å². The van der Waals surface area contributed by atoms with Crippen molar-refractivity contribution >= 4 is 27.7 Å². The summed E-state index contributed by atoms with van der Waals surface area (Å²) in [5.41, 5.74) is 1.24. The van der Waals surface area contributed by atoms with E-state index in [1.807, 2.05) is 36.4 Å². The maximum absolute atomic E-state index is 12.1.